The number of fused-ring (bicyclic) bond motifs is 1. The van der Waals surface area contributed by atoms with E-state index in [1.54, 1.807) is 0 Å². The van der Waals surface area contributed by atoms with Crippen LogP contribution in [0.2, 0.25) is 0 Å². The first-order chi connectivity index (χ1) is 9.78. The van der Waals surface area contributed by atoms with E-state index in [2.05, 4.69) is 13.0 Å². The van der Waals surface area contributed by atoms with Gasteiger partial charge in [0.15, 0.2) is 5.78 Å². The van der Waals surface area contributed by atoms with Gasteiger partial charge in [-0.15, -0.1) is 0 Å². The molecule has 1 aromatic heterocycles. The highest BCUT2D eigenvalue weighted by molar-refractivity contribution is 5.99. The maximum absolute atomic E-state index is 12.3. The van der Waals surface area contributed by atoms with Crippen LogP contribution in [-0.4, -0.2) is 10.8 Å². The van der Waals surface area contributed by atoms with Gasteiger partial charge in [0.25, 0.3) is 0 Å². The van der Waals surface area contributed by atoms with Crippen molar-refractivity contribution in [3.05, 3.63) is 29.1 Å². The number of rotatable bonds is 3. The molecule has 0 amide bonds. The average molecular weight is 271 g/mol. The SMILES string of the molecule is CCC1CCc2nc(CC3CCCCC3)ccc2C1=O. The molecule has 3 rings (SSSR count). The Morgan fingerprint density at radius 1 is 1.15 bits per heavy atom. The van der Waals surface area contributed by atoms with Crippen LogP contribution in [0.15, 0.2) is 12.1 Å². The van der Waals surface area contributed by atoms with E-state index in [0.29, 0.717) is 5.78 Å². The van der Waals surface area contributed by atoms with Crippen molar-refractivity contribution in [2.75, 3.05) is 0 Å². The highest BCUT2D eigenvalue weighted by atomic mass is 16.1. The summed E-state index contributed by atoms with van der Waals surface area (Å²) in [6.45, 7) is 2.11. The van der Waals surface area contributed by atoms with Crippen molar-refractivity contribution >= 4 is 5.78 Å². The van der Waals surface area contributed by atoms with Crippen LogP contribution in [0.5, 0.6) is 0 Å². The minimum absolute atomic E-state index is 0.230. The molecule has 0 bridgehead atoms. The first-order valence-corrected chi connectivity index (χ1v) is 8.31. The van der Waals surface area contributed by atoms with Crippen LogP contribution in [0.3, 0.4) is 0 Å². The quantitative estimate of drug-likeness (QED) is 0.817. The molecule has 0 saturated heterocycles. The number of aromatic nitrogens is 1. The second-order valence-corrected chi connectivity index (χ2v) is 6.51. The lowest BCUT2D eigenvalue weighted by atomic mass is 9.83. The summed E-state index contributed by atoms with van der Waals surface area (Å²) in [6, 6.07) is 4.15. The third kappa shape index (κ3) is 2.79. The van der Waals surface area contributed by atoms with Crippen LogP contribution in [0, 0.1) is 11.8 Å². The summed E-state index contributed by atoms with van der Waals surface area (Å²) in [5.41, 5.74) is 3.17. The summed E-state index contributed by atoms with van der Waals surface area (Å²) in [7, 11) is 0. The Kier molecular flexibility index (Phi) is 4.18. The molecule has 1 fully saturated rings. The van der Waals surface area contributed by atoms with E-state index in [1.165, 1.54) is 37.8 Å². The third-order valence-electron chi connectivity index (χ3n) is 5.11. The fourth-order valence-corrected chi connectivity index (χ4v) is 3.81. The maximum atomic E-state index is 12.3. The summed E-state index contributed by atoms with van der Waals surface area (Å²) in [5.74, 6) is 1.37. The van der Waals surface area contributed by atoms with Gasteiger partial charge in [-0.2, -0.15) is 0 Å². The lowest BCUT2D eigenvalue weighted by molar-refractivity contribution is 0.0897. The zero-order valence-corrected chi connectivity index (χ0v) is 12.5. The van der Waals surface area contributed by atoms with Crippen LogP contribution in [-0.2, 0) is 12.8 Å². The molecular formula is C18H25NO. The Balaban J connectivity index is 1.74. The van der Waals surface area contributed by atoms with Crippen LogP contribution in [0.1, 0.15) is 73.6 Å². The Labute approximate surface area is 122 Å². The minimum atomic E-state index is 0.230. The lowest BCUT2D eigenvalue weighted by Crippen LogP contribution is -2.23. The van der Waals surface area contributed by atoms with Crippen molar-refractivity contribution in [1.82, 2.24) is 4.98 Å². The number of nitrogens with zero attached hydrogens (tertiary/aromatic N) is 1. The molecular weight excluding hydrogens is 246 g/mol. The molecule has 2 heteroatoms. The minimum Gasteiger partial charge on any atom is -0.294 e. The number of carbonyl (C=O) groups excluding carboxylic acids is 1. The second kappa shape index (κ2) is 6.07. The molecule has 0 aromatic carbocycles. The van der Waals surface area contributed by atoms with E-state index in [4.69, 9.17) is 4.98 Å². The van der Waals surface area contributed by atoms with E-state index in [1.807, 2.05) is 6.07 Å². The number of ketones is 1. The molecule has 1 atom stereocenters. The number of carbonyl (C=O) groups is 1. The fraction of sp³-hybridized carbons (Fsp3) is 0.667. The molecule has 20 heavy (non-hydrogen) atoms. The van der Waals surface area contributed by atoms with E-state index in [0.717, 1.165) is 42.9 Å². The molecule has 1 aromatic rings. The van der Waals surface area contributed by atoms with Crippen molar-refractivity contribution in [1.29, 1.82) is 0 Å². The molecule has 0 N–H and O–H groups in total. The zero-order chi connectivity index (χ0) is 13.9. The number of hydrogen-bond acceptors (Lipinski definition) is 2. The molecule has 1 heterocycles. The molecule has 0 spiro atoms. The number of Topliss-reactive ketones (excluding diaryl/α,β-unsaturated/α-hetero) is 1. The Morgan fingerprint density at radius 2 is 1.95 bits per heavy atom. The van der Waals surface area contributed by atoms with Crippen LogP contribution in [0.4, 0.5) is 0 Å². The van der Waals surface area contributed by atoms with Gasteiger partial charge in [0.05, 0.1) is 5.69 Å². The predicted molar refractivity (Wildman–Crippen MR) is 80.9 cm³/mol. The van der Waals surface area contributed by atoms with Gasteiger partial charge in [-0.05, 0) is 43.7 Å². The lowest BCUT2D eigenvalue weighted by Gasteiger charge is -2.24. The van der Waals surface area contributed by atoms with E-state index in [-0.39, 0.29) is 5.92 Å². The molecule has 1 unspecified atom stereocenters. The summed E-state index contributed by atoms with van der Waals surface area (Å²) in [5, 5.41) is 0. The topological polar surface area (TPSA) is 30.0 Å². The van der Waals surface area contributed by atoms with E-state index in [9.17, 15) is 4.79 Å². The molecule has 2 aliphatic carbocycles. The standard InChI is InChI=1S/C18H25NO/c1-2-14-8-11-17-16(18(14)20)10-9-15(19-17)12-13-6-4-3-5-7-13/h9-10,13-14H,2-8,11-12H2,1H3. The van der Waals surface area contributed by atoms with Crippen LogP contribution >= 0.6 is 0 Å². The van der Waals surface area contributed by atoms with Gasteiger partial charge >= 0.3 is 0 Å². The van der Waals surface area contributed by atoms with Gasteiger partial charge in [0, 0.05) is 17.2 Å². The second-order valence-electron chi connectivity index (χ2n) is 6.51. The summed E-state index contributed by atoms with van der Waals surface area (Å²) in [6.07, 6.45) is 10.9. The van der Waals surface area contributed by atoms with Crippen molar-refractivity contribution in [3.8, 4) is 0 Å². The van der Waals surface area contributed by atoms with Crippen molar-refractivity contribution < 1.29 is 4.79 Å². The first kappa shape index (κ1) is 13.8. The van der Waals surface area contributed by atoms with Gasteiger partial charge in [-0.3, -0.25) is 9.78 Å². The maximum Gasteiger partial charge on any atom is 0.167 e. The van der Waals surface area contributed by atoms with Crippen LogP contribution in [0.25, 0.3) is 0 Å². The predicted octanol–water partition coefficient (Wildman–Crippen LogP) is 4.36. The zero-order valence-electron chi connectivity index (χ0n) is 12.5. The molecule has 0 radical (unpaired) electrons. The van der Waals surface area contributed by atoms with Crippen molar-refractivity contribution in [2.45, 2.75) is 64.7 Å². The van der Waals surface area contributed by atoms with Crippen molar-refractivity contribution in [3.63, 3.8) is 0 Å². The molecule has 0 aliphatic heterocycles. The van der Waals surface area contributed by atoms with E-state index >= 15 is 0 Å². The monoisotopic (exact) mass is 271 g/mol. The van der Waals surface area contributed by atoms with Gasteiger partial charge < -0.3 is 0 Å². The van der Waals surface area contributed by atoms with Crippen LogP contribution < -0.4 is 0 Å². The highest BCUT2D eigenvalue weighted by Gasteiger charge is 2.27. The van der Waals surface area contributed by atoms with Gasteiger partial charge in [-0.25, -0.2) is 0 Å². The number of hydrogen-bond donors (Lipinski definition) is 0. The number of pyridine rings is 1. The Hall–Kier alpha value is -1.18. The molecule has 2 aliphatic rings. The smallest absolute Gasteiger partial charge is 0.167 e. The Morgan fingerprint density at radius 3 is 2.70 bits per heavy atom. The summed E-state index contributed by atoms with van der Waals surface area (Å²) >= 11 is 0. The number of aryl methyl sites for hydroxylation is 1. The Bertz CT molecular complexity index is 488. The summed E-state index contributed by atoms with van der Waals surface area (Å²) < 4.78 is 0. The van der Waals surface area contributed by atoms with Crippen molar-refractivity contribution in [2.24, 2.45) is 11.8 Å². The molecule has 2 nitrogen and oxygen atoms in total. The third-order valence-corrected chi connectivity index (χ3v) is 5.11. The normalized spacial score (nSPS) is 23.6. The van der Waals surface area contributed by atoms with Gasteiger partial charge in [0.1, 0.15) is 0 Å². The molecule has 108 valence electrons. The largest absolute Gasteiger partial charge is 0.294 e. The highest BCUT2D eigenvalue weighted by Crippen LogP contribution is 2.29. The van der Waals surface area contributed by atoms with E-state index < -0.39 is 0 Å². The fourth-order valence-electron chi connectivity index (χ4n) is 3.81. The van der Waals surface area contributed by atoms with Gasteiger partial charge in [0.2, 0.25) is 0 Å². The molecule has 1 saturated carbocycles. The average Bonchev–Trinajstić information content (AvgIpc) is 2.49. The van der Waals surface area contributed by atoms with Gasteiger partial charge in [-0.1, -0.05) is 39.0 Å². The first-order valence-electron chi connectivity index (χ1n) is 8.31. The summed E-state index contributed by atoms with van der Waals surface area (Å²) in [4.78, 5) is 17.1.